The van der Waals surface area contributed by atoms with Crippen molar-refractivity contribution in [1.82, 2.24) is 5.01 Å². The number of furan rings is 1. The Morgan fingerprint density at radius 3 is 2.75 bits per heavy atom. The van der Waals surface area contributed by atoms with Crippen LogP contribution in [0.25, 0.3) is 11.3 Å². The van der Waals surface area contributed by atoms with Crippen molar-refractivity contribution in [3.8, 4) is 11.3 Å². The maximum absolute atomic E-state index is 11.5. The predicted octanol–water partition coefficient (Wildman–Crippen LogP) is 3.14. The van der Waals surface area contributed by atoms with Crippen molar-refractivity contribution < 1.29 is 9.21 Å². The van der Waals surface area contributed by atoms with Gasteiger partial charge in [-0.1, -0.05) is 54.3 Å². The van der Waals surface area contributed by atoms with E-state index in [0.29, 0.717) is 15.8 Å². The first-order valence-corrected chi connectivity index (χ1v) is 7.32. The number of thioether (sulfide) groups is 1. The molecule has 0 N–H and O–H groups in total. The number of carbonyl (C=O) groups is 1. The fraction of sp³-hybridized carbons (Fsp3) is 0.0714. The van der Waals surface area contributed by atoms with Crippen LogP contribution < -0.4 is 0 Å². The molecule has 1 aliphatic heterocycles. The van der Waals surface area contributed by atoms with E-state index in [-0.39, 0.29) is 5.91 Å². The van der Waals surface area contributed by atoms with Crippen LogP contribution in [-0.2, 0) is 4.79 Å². The molecule has 0 bridgehead atoms. The average molecular weight is 302 g/mol. The second-order valence-corrected chi connectivity index (χ2v) is 5.68. The number of hydrogen-bond donors (Lipinski definition) is 0. The molecule has 1 saturated heterocycles. The van der Waals surface area contributed by atoms with Crippen LogP contribution in [0.2, 0.25) is 0 Å². The maximum Gasteiger partial charge on any atom is 0.259 e. The molecule has 0 spiro atoms. The second-order valence-electron chi connectivity index (χ2n) is 4.07. The Morgan fingerprint density at radius 2 is 2.05 bits per heavy atom. The zero-order valence-electron chi connectivity index (χ0n) is 10.4. The largest absolute Gasteiger partial charge is 0.455 e. The lowest BCUT2D eigenvalue weighted by Gasteiger charge is -2.05. The van der Waals surface area contributed by atoms with Crippen LogP contribution in [0.4, 0.5) is 0 Å². The summed E-state index contributed by atoms with van der Waals surface area (Å²) in [6, 6.07) is 13.5. The lowest BCUT2D eigenvalue weighted by atomic mass is 10.2. The minimum atomic E-state index is -0.105. The van der Waals surface area contributed by atoms with Gasteiger partial charge in [-0.05, 0) is 12.1 Å². The summed E-state index contributed by atoms with van der Waals surface area (Å²) in [6.07, 6.45) is 1.50. The molecule has 0 aliphatic carbocycles. The third-order valence-corrected chi connectivity index (χ3v) is 4.05. The van der Waals surface area contributed by atoms with Gasteiger partial charge in [0.05, 0.1) is 12.0 Å². The molecule has 100 valence electrons. The number of amides is 1. The van der Waals surface area contributed by atoms with Crippen LogP contribution in [0.3, 0.4) is 0 Å². The zero-order chi connectivity index (χ0) is 13.9. The highest BCUT2D eigenvalue weighted by atomic mass is 32.2. The van der Waals surface area contributed by atoms with Gasteiger partial charge in [-0.3, -0.25) is 4.79 Å². The van der Waals surface area contributed by atoms with Gasteiger partial charge in [0.2, 0.25) is 0 Å². The monoisotopic (exact) mass is 302 g/mol. The fourth-order valence-electron chi connectivity index (χ4n) is 1.75. The van der Waals surface area contributed by atoms with Crippen molar-refractivity contribution in [3.05, 3.63) is 48.2 Å². The Balaban J connectivity index is 1.78. The molecule has 1 amide bonds. The van der Waals surface area contributed by atoms with E-state index >= 15 is 0 Å². The summed E-state index contributed by atoms with van der Waals surface area (Å²) < 4.78 is 6.14. The van der Waals surface area contributed by atoms with E-state index in [1.165, 1.54) is 23.0 Å². The van der Waals surface area contributed by atoms with Crippen molar-refractivity contribution in [2.45, 2.75) is 0 Å². The van der Waals surface area contributed by atoms with E-state index in [1.54, 1.807) is 0 Å². The molecule has 4 nitrogen and oxygen atoms in total. The third kappa shape index (κ3) is 2.66. The molecule has 1 fully saturated rings. The molecule has 3 rings (SSSR count). The van der Waals surface area contributed by atoms with Gasteiger partial charge < -0.3 is 4.42 Å². The Bertz CT molecular complexity index is 663. The second kappa shape index (κ2) is 5.60. The molecular formula is C14H10N2O2S2. The van der Waals surface area contributed by atoms with Gasteiger partial charge in [0.15, 0.2) is 4.32 Å². The smallest absolute Gasteiger partial charge is 0.259 e. The number of benzene rings is 1. The van der Waals surface area contributed by atoms with Crippen LogP contribution >= 0.6 is 24.0 Å². The molecule has 1 aliphatic rings. The Labute approximate surface area is 125 Å². The normalized spacial score (nSPS) is 15.5. The highest BCUT2D eigenvalue weighted by molar-refractivity contribution is 8.23. The van der Waals surface area contributed by atoms with Crippen molar-refractivity contribution in [3.63, 3.8) is 0 Å². The van der Waals surface area contributed by atoms with Gasteiger partial charge in [-0.15, -0.1) is 0 Å². The molecule has 1 aromatic heterocycles. The van der Waals surface area contributed by atoms with Gasteiger partial charge in [0.1, 0.15) is 11.5 Å². The van der Waals surface area contributed by atoms with Crippen molar-refractivity contribution >= 4 is 40.4 Å². The van der Waals surface area contributed by atoms with E-state index in [9.17, 15) is 4.79 Å². The van der Waals surface area contributed by atoms with Crippen LogP contribution in [0.15, 0.2) is 52.0 Å². The van der Waals surface area contributed by atoms with Crippen LogP contribution in [0, 0.1) is 0 Å². The minimum Gasteiger partial charge on any atom is -0.455 e. The van der Waals surface area contributed by atoms with E-state index < -0.39 is 0 Å². The average Bonchev–Trinajstić information content (AvgIpc) is 3.06. The van der Waals surface area contributed by atoms with Gasteiger partial charge in [0.25, 0.3) is 5.91 Å². The number of hydrazone groups is 1. The van der Waals surface area contributed by atoms with Gasteiger partial charge in [-0.2, -0.15) is 10.1 Å². The molecule has 0 unspecified atom stereocenters. The first-order valence-electron chi connectivity index (χ1n) is 5.93. The zero-order valence-corrected chi connectivity index (χ0v) is 12.0. The molecule has 20 heavy (non-hydrogen) atoms. The summed E-state index contributed by atoms with van der Waals surface area (Å²) >= 11 is 6.35. The first-order chi connectivity index (χ1) is 9.74. The van der Waals surface area contributed by atoms with Crippen molar-refractivity contribution in [2.24, 2.45) is 5.10 Å². The van der Waals surface area contributed by atoms with Crippen LogP contribution in [0.1, 0.15) is 5.76 Å². The maximum atomic E-state index is 11.5. The summed E-state index contributed by atoms with van der Waals surface area (Å²) in [5, 5.41) is 5.29. The SMILES string of the molecule is O=C1CSC(=S)N1/N=C/c1ccc(-c2ccccc2)o1. The van der Waals surface area contributed by atoms with Crippen LogP contribution in [-0.4, -0.2) is 27.2 Å². The lowest BCUT2D eigenvalue weighted by Crippen LogP contribution is -2.22. The Kier molecular flexibility index (Phi) is 3.66. The quantitative estimate of drug-likeness (QED) is 0.645. The summed E-state index contributed by atoms with van der Waals surface area (Å²) in [6.45, 7) is 0. The third-order valence-electron chi connectivity index (χ3n) is 2.71. The molecule has 0 saturated carbocycles. The summed E-state index contributed by atoms with van der Waals surface area (Å²) in [7, 11) is 0. The molecule has 1 aromatic carbocycles. The Morgan fingerprint density at radius 1 is 1.25 bits per heavy atom. The van der Waals surface area contributed by atoms with E-state index in [0.717, 1.165) is 11.3 Å². The first kappa shape index (κ1) is 13.1. The molecule has 6 heteroatoms. The lowest BCUT2D eigenvalue weighted by molar-refractivity contribution is -0.123. The number of nitrogens with zero attached hydrogens (tertiary/aromatic N) is 2. The van der Waals surface area contributed by atoms with Gasteiger partial charge in [-0.25, -0.2) is 0 Å². The van der Waals surface area contributed by atoms with Crippen LogP contribution in [0.5, 0.6) is 0 Å². The highest BCUT2D eigenvalue weighted by Crippen LogP contribution is 2.22. The Hall–Kier alpha value is -1.92. The number of carbonyl (C=O) groups excluding carboxylic acids is 1. The molecular weight excluding hydrogens is 292 g/mol. The molecule has 2 aromatic rings. The highest BCUT2D eigenvalue weighted by Gasteiger charge is 2.26. The fourth-order valence-corrected chi connectivity index (χ4v) is 2.72. The number of rotatable bonds is 3. The topological polar surface area (TPSA) is 45.8 Å². The number of hydrogen-bond acceptors (Lipinski definition) is 5. The molecule has 0 atom stereocenters. The summed E-state index contributed by atoms with van der Waals surface area (Å²) in [5.74, 6) is 1.59. The van der Waals surface area contributed by atoms with Gasteiger partial charge in [0, 0.05) is 5.56 Å². The van der Waals surface area contributed by atoms with E-state index in [2.05, 4.69) is 5.10 Å². The standard InChI is InChI=1S/C14H10N2O2S2/c17-13-9-20-14(19)16(13)15-8-11-6-7-12(18-11)10-4-2-1-3-5-10/h1-8H,9H2/b15-8+. The van der Waals surface area contributed by atoms with E-state index in [4.69, 9.17) is 16.6 Å². The summed E-state index contributed by atoms with van der Waals surface area (Å²) in [4.78, 5) is 11.5. The molecule has 2 heterocycles. The summed E-state index contributed by atoms with van der Waals surface area (Å²) in [5.41, 5.74) is 0.996. The van der Waals surface area contributed by atoms with Crippen molar-refractivity contribution in [1.29, 1.82) is 0 Å². The molecule has 0 radical (unpaired) electrons. The van der Waals surface area contributed by atoms with E-state index in [1.807, 2.05) is 42.5 Å². The van der Waals surface area contributed by atoms with Crippen molar-refractivity contribution in [2.75, 3.05) is 5.75 Å². The predicted molar refractivity (Wildman–Crippen MR) is 83.6 cm³/mol. The van der Waals surface area contributed by atoms with Gasteiger partial charge >= 0.3 is 0 Å². The number of thiocarbonyl (C=S) groups is 1. The minimum absolute atomic E-state index is 0.105.